The summed E-state index contributed by atoms with van der Waals surface area (Å²) in [6.07, 6.45) is -3.43. The van der Waals surface area contributed by atoms with E-state index in [1.54, 1.807) is 7.05 Å². The summed E-state index contributed by atoms with van der Waals surface area (Å²) in [5.41, 5.74) is 1.25. The molecular weight excluding hydrogens is 572 g/mol. The number of alkyl halides is 3. The van der Waals surface area contributed by atoms with Crippen molar-refractivity contribution in [3.8, 4) is 11.3 Å². The molecule has 39 heavy (non-hydrogen) atoms. The van der Waals surface area contributed by atoms with Crippen LogP contribution < -0.4 is 5.32 Å². The van der Waals surface area contributed by atoms with E-state index in [9.17, 15) is 31.5 Å². The Labute approximate surface area is 229 Å². The van der Waals surface area contributed by atoms with Crippen LogP contribution in [0, 0.1) is 17.6 Å². The lowest BCUT2D eigenvalue weighted by atomic mass is 9.75. The molecule has 4 rings (SSSR count). The monoisotopic (exact) mass is 593 g/mol. The Bertz CT molecular complexity index is 1350. The molecule has 2 aromatic heterocycles. The van der Waals surface area contributed by atoms with Crippen LogP contribution in [0.1, 0.15) is 41.3 Å². The normalized spacial score (nSPS) is 19.7. The third kappa shape index (κ3) is 6.62. The van der Waals surface area contributed by atoms with E-state index in [-0.39, 0.29) is 36.8 Å². The SMILES string of the molecule is Cn1ncc(Cl)c1-c1cc(C(=O)C[C@@H]2CNC(CCOC(=O)C(F)(F)F)C[C@H]2c2ccc(F)c(F)c2)oc1Cl. The Hall–Kier alpha value is -2.96. The van der Waals surface area contributed by atoms with E-state index in [1.807, 2.05) is 0 Å². The van der Waals surface area contributed by atoms with Crippen molar-refractivity contribution in [1.29, 1.82) is 0 Å². The van der Waals surface area contributed by atoms with E-state index in [0.717, 1.165) is 12.1 Å². The molecule has 3 atom stereocenters. The highest BCUT2D eigenvalue weighted by molar-refractivity contribution is 6.35. The van der Waals surface area contributed by atoms with Crippen molar-refractivity contribution in [3.63, 3.8) is 0 Å². The van der Waals surface area contributed by atoms with Gasteiger partial charge in [-0.05, 0) is 66.6 Å². The summed E-state index contributed by atoms with van der Waals surface area (Å²) in [5, 5.41) is 7.43. The standard InChI is InChI=1S/C25H22Cl2F5N3O4/c1-35-22(17(26)11-34-35)16-9-21(39-23(16)27)20(36)7-13-10-33-14(4-5-38-24(37)25(30,31)32)8-15(13)12-2-3-18(28)19(29)6-12/h2-3,6,9,11,13-15,33H,4-5,7-8,10H2,1H3/t13-,14?,15+/m1/s1. The second-order valence-corrected chi connectivity index (χ2v) is 9.94. The van der Waals surface area contributed by atoms with Crippen LogP contribution in [0.4, 0.5) is 22.0 Å². The van der Waals surface area contributed by atoms with Gasteiger partial charge in [-0.1, -0.05) is 17.7 Å². The highest BCUT2D eigenvalue weighted by Crippen LogP contribution is 2.39. The molecule has 1 N–H and O–H groups in total. The minimum absolute atomic E-state index is 0.0301. The number of hydrogen-bond donors (Lipinski definition) is 1. The lowest BCUT2D eigenvalue weighted by Gasteiger charge is -2.37. The molecule has 14 heteroatoms. The molecule has 0 radical (unpaired) electrons. The van der Waals surface area contributed by atoms with Crippen LogP contribution in [0.3, 0.4) is 0 Å². The number of rotatable bonds is 8. The summed E-state index contributed by atoms with van der Waals surface area (Å²) >= 11 is 12.4. The van der Waals surface area contributed by atoms with E-state index in [0.29, 0.717) is 21.8 Å². The quantitative estimate of drug-likeness (QED) is 0.193. The second kappa shape index (κ2) is 11.6. The minimum atomic E-state index is -5.10. The Morgan fingerprint density at radius 2 is 1.95 bits per heavy atom. The Balaban J connectivity index is 1.50. The topological polar surface area (TPSA) is 86.4 Å². The van der Waals surface area contributed by atoms with Gasteiger partial charge in [0.15, 0.2) is 23.2 Å². The zero-order valence-electron chi connectivity index (χ0n) is 20.3. The number of Topliss-reactive ketones (excluding diaryl/α,β-unsaturated/α-hetero) is 1. The Morgan fingerprint density at radius 3 is 2.59 bits per heavy atom. The third-order valence-electron chi connectivity index (χ3n) is 6.64. The summed E-state index contributed by atoms with van der Waals surface area (Å²) in [5.74, 6) is -5.71. The maximum Gasteiger partial charge on any atom is 0.490 e. The molecule has 3 heterocycles. The van der Waals surface area contributed by atoms with Crippen molar-refractivity contribution in [2.24, 2.45) is 13.0 Å². The number of benzene rings is 1. The molecule has 1 aromatic carbocycles. The summed E-state index contributed by atoms with van der Waals surface area (Å²) in [7, 11) is 1.65. The van der Waals surface area contributed by atoms with Crippen molar-refractivity contribution in [3.05, 3.63) is 63.7 Å². The number of ether oxygens (including phenoxy) is 1. The molecule has 0 aliphatic carbocycles. The van der Waals surface area contributed by atoms with Gasteiger partial charge in [-0.2, -0.15) is 18.3 Å². The zero-order valence-corrected chi connectivity index (χ0v) is 21.8. The van der Waals surface area contributed by atoms with E-state index in [2.05, 4.69) is 15.2 Å². The molecular formula is C25H22Cl2F5N3O4. The van der Waals surface area contributed by atoms with Crippen molar-refractivity contribution in [2.45, 2.75) is 37.4 Å². The highest BCUT2D eigenvalue weighted by atomic mass is 35.5. The first-order chi connectivity index (χ1) is 18.3. The van der Waals surface area contributed by atoms with Gasteiger partial charge in [0.25, 0.3) is 0 Å². The molecule has 1 aliphatic heterocycles. The zero-order chi connectivity index (χ0) is 28.5. The lowest BCUT2D eigenvalue weighted by molar-refractivity contribution is -0.199. The Kier molecular flexibility index (Phi) is 8.67. The number of aromatic nitrogens is 2. The second-order valence-electron chi connectivity index (χ2n) is 9.19. The van der Waals surface area contributed by atoms with Gasteiger partial charge in [0.1, 0.15) is 0 Å². The summed E-state index contributed by atoms with van der Waals surface area (Å²) < 4.78 is 76.2. The van der Waals surface area contributed by atoms with E-state index >= 15 is 0 Å². The molecule has 1 saturated heterocycles. The van der Waals surface area contributed by atoms with Crippen LogP contribution >= 0.6 is 23.2 Å². The molecule has 7 nitrogen and oxygen atoms in total. The molecule has 0 bridgehead atoms. The first kappa shape index (κ1) is 29.0. The summed E-state index contributed by atoms with van der Waals surface area (Å²) in [6, 6.07) is 4.46. The van der Waals surface area contributed by atoms with Crippen LogP contribution in [0.5, 0.6) is 0 Å². The minimum Gasteiger partial charge on any atom is -0.459 e. The van der Waals surface area contributed by atoms with Gasteiger partial charge in [0.2, 0.25) is 5.22 Å². The van der Waals surface area contributed by atoms with E-state index < -0.39 is 54.0 Å². The average molecular weight is 594 g/mol. The number of esters is 1. The van der Waals surface area contributed by atoms with Gasteiger partial charge in [-0.3, -0.25) is 9.48 Å². The number of nitrogens with zero attached hydrogens (tertiary/aromatic N) is 2. The fourth-order valence-electron chi connectivity index (χ4n) is 4.72. The van der Waals surface area contributed by atoms with Crippen LogP contribution in [-0.4, -0.2) is 46.9 Å². The van der Waals surface area contributed by atoms with Crippen LogP contribution in [-0.2, 0) is 16.6 Å². The molecule has 0 saturated carbocycles. The third-order valence-corrected chi connectivity index (χ3v) is 7.19. The predicted octanol–water partition coefficient (Wildman–Crippen LogP) is 6.10. The molecule has 1 aliphatic rings. The number of nitrogens with one attached hydrogen (secondary N) is 1. The lowest BCUT2D eigenvalue weighted by Crippen LogP contribution is -2.44. The number of ketones is 1. The first-order valence-corrected chi connectivity index (χ1v) is 12.5. The Morgan fingerprint density at radius 1 is 1.21 bits per heavy atom. The van der Waals surface area contributed by atoms with Gasteiger partial charge in [0.05, 0.1) is 29.1 Å². The fraction of sp³-hybridized carbons (Fsp3) is 0.400. The summed E-state index contributed by atoms with van der Waals surface area (Å²) in [6.45, 7) is -0.267. The molecule has 0 amide bonds. The van der Waals surface area contributed by atoms with Crippen LogP contribution in [0.15, 0.2) is 34.9 Å². The van der Waals surface area contributed by atoms with Gasteiger partial charge in [-0.25, -0.2) is 13.6 Å². The number of hydrogen-bond acceptors (Lipinski definition) is 6. The fourth-order valence-corrected chi connectivity index (χ4v) is 5.22. The number of piperidine rings is 1. The van der Waals surface area contributed by atoms with Crippen molar-refractivity contribution < 1.29 is 40.7 Å². The maximum atomic E-state index is 14.1. The molecule has 3 aromatic rings. The molecule has 210 valence electrons. The average Bonchev–Trinajstić information content (AvgIpc) is 3.41. The van der Waals surface area contributed by atoms with Crippen molar-refractivity contribution in [2.75, 3.05) is 13.2 Å². The van der Waals surface area contributed by atoms with Gasteiger partial charge in [0, 0.05) is 19.5 Å². The number of aryl methyl sites for hydroxylation is 1. The summed E-state index contributed by atoms with van der Waals surface area (Å²) in [4.78, 5) is 24.2. The van der Waals surface area contributed by atoms with Gasteiger partial charge >= 0.3 is 12.1 Å². The predicted molar refractivity (Wildman–Crippen MR) is 131 cm³/mol. The van der Waals surface area contributed by atoms with Gasteiger partial charge < -0.3 is 14.5 Å². The van der Waals surface area contributed by atoms with E-state index in [1.165, 1.54) is 23.0 Å². The molecule has 1 fully saturated rings. The van der Waals surface area contributed by atoms with E-state index in [4.69, 9.17) is 27.6 Å². The molecule has 1 unspecified atom stereocenters. The smallest absolute Gasteiger partial charge is 0.459 e. The van der Waals surface area contributed by atoms with Crippen molar-refractivity contribution in [1.82, 2.24) is 15.1 Å². The number of furan rings is 1. The first-order valence-electron chi connectivity index (χ1n) is 11.8. The van der Waals surface area contributed by atoms with Crippen LogP contribution in [0.25, 0.3) is 11.3 Å². The number of carbonyl (C=O) groups excluding carboxylic acids is 2. The highest BCUT2D eigenvalue weighted by Gasteiger charge is 2.41. The maximum absolute atomic E-state index is 14.1. The largest absolute Gasteiger partial charge is 0.490 e. The van der Waals surface area contributed by atoms with Crippen molar-refractivity contribution >= 4 is 35.0 Å². The van der Waals surface area contributed by atoms with Gasteiger partial charge in [-0.15, -0.1) is 0 Å². The number of halogens is 7. The van der Waals surface area contributed by atoms with Crippen LogP contribution in [0.2, 0.25) is 10.2 Å². The number of carbonyl (C=O) groups is 2. The molecule has 0 spiro atoms.